The van der Waals surface area contributed by atoms with Gasteiger partial charge in [0.15, 0.2) is 12.4 Å². The third kappa shape index (κ3) is 4.41. The molecular formula is C17H15NO5. The van der Waals surface area contributed by atoms with E-state index in [1.165, 1.54) is 31.2 Å². The molecule has 1 amide bonds. The molecule has 2 aromatic rings. The number of amides is 1. The van der Waals surface area contributed by atoms with Crippen molar-refractivity contribution in [2.75, 3.05) is 11.9 Å². The van der Waals surface area contributed by atoms with Gasteiger partial charge in [-0.1, -0.05) is 18.2 Å². The molecule has 0 radical (unpaired) electrons. The van der Waals surface area contributed by atoms with Gasteiger partial charge >= 0.3 is 5.97 Å². The highest BCUT2D eigenvalue weighted by Gasteiger charge is 2.13. The molecule has 2 aromatic carbocycles. The average Bonchev–Trinajstić information content (AvgIpc) is 2.53. The molecule has 0 saturated heterocycles. The van der Waals surface area contributed by atoms with Crippen LogP contribution in [0.4, 0.5) is 5.69 Å². The van der Waals surface area contributed by atoms with E-state index in [1.54, 1.807) is 24.3 Å². The summed E-state index contributed by atoms with van der Waals surface area (Å²) >= 11 is 0. The van der Waals surface area contributed by atoms with Crippen molar-refractivity contribution in [3.8, 4) is 5.75 Å². The molecule has 0 spiro atoms. The van der Waals surface area contributed by atoms with E-state index in [2.05, 4.69) is 5.32 Å². The monoisotopic (exact) mass is 313 g/mol. The molecule has 0 bridgehead atoms. The van der Waals surface area contributed by atoms with Crippen molar-refractivity contribution < 1.29 is 24.2 Å². The maximum Gasteiger partial charge on any atom is 0.338 e. The third-order valence-corrected chi connectivity index (χ3v) is 3.00. The highest BCUT2D eigenvalue weighted by Crippen LogP contribution is 2.15. The molecule has 0 aliphatic heterocycles. The van der Waals surface area contributed by atoms with E-state index in [9.17, 15) is 19.5 Å². The molecule has 2 N–H and O–H groups in total. The fraction of sp³-hybridized carbons (Fsp3) is 0.118. The number of anilines is 1. The van der Waals surface area contributed by atoms with E-state index < -0.39 is 18.5 Å². The van der Waals surface area contributed by atoms with Crippen molar-refractivity contribution in [1.29, 1.82) is 0 Å². The van der Waals surface area contributed by atoms with E-state index in [0.717, 1.165) is 0 Å². The van der Waals surface area contributed by atoms with Crippen molar-refractivity contribution in [2.45, 2.75) is 6.92 Å². The number of carbonyl (C=O) groups excluding carboxylic acids is 3. The SMILES string of the molecule is CC(=O)c1ccccc1NC(=O)COC(=O)c1cccc(O)c1. The maximum atomic E-state index is 11.8. The predicted octanol–water partition coefficient (Wildman–Crippen LogP) is 2.39. The minimum Gasteiger partial charge on any atom is -0.508 e. The molecule has 0 fully saturated rings. The van der Waals surface area contributed by atoms with Gasteiger partial charge in [0.1, 0.15) is 5.75 Å². The van der Waals surface area contributed by atoms with E-state index in [4.69, 9.17) is 4.74 Å². The van der Waals surface area contributed by atoms with Crippen LogP contribution in [0.2, 0.25) is 0 Å². The lowest BCUT2D eigenvalue weighted by Crippen LogP contribution is -2.21. The number of ether oxygens (including phenoxy) is 1. The Labute approximate surface area is 132 Å². The number of hydrogen-bond acceptors (Lipinski definition) is 5. The first-order valence-electron chi connectivity index (χ1n) is 6.83. The Morgan fingerprint density at radius 3 is 2.52 bits per heavy atom. The van der Waals surface area contributed by atoms with Crippen molar-refractivity contribution in [3.05, 3.63) is 59.7 Å². The largest absolute Gasteiger partial charge is 0.508 e. The molecule has 6 nitrogen and oxygen atoms in total. The molecule has 2 rings (SSSR count). The fourth-order valence-corrected chi connectivity index (χ4v) is 1.93. The standard InChI is InChI=1S/C17H15NO5/c1-11(19)14-7-2-3-8-15(14)18-16(21)10-23-17(22)12-5-4-6-13(20)9-12/h2-9,20H,10H2,1H3,(H,18,21). The number of rotatable bonds is 5. The van der Waals surface area contributed by atoms with Crippen LogP contribution in [-0.4, -0.2) is 29.4 Å². The van der Waals surface area contributed by atoms with Gasteiger partial charge in [-0.15, -0.1) is 0 Å². The van der Waals surface area contributed by atoms with E-state index in [1.807, 2.05) is 0 Å². The normalized spacial score (nSPS) is 9.96. The first-order chi connectivity index (χ1) is 11.0. The predicted molar refractivity (Wildman–Crippen MR) is 83.5 cm³/mol. The van der Waals surface area contributed by atoms with Crippen molar-refractivity contribution >= 4 is 23.3 Å². The van der Waals surface area contributed by atoms with Crippen LogP contribution < -0.4 is 5.32 Å². The van der Waals surface area contributed by atoms with E-state index in [-0.39, 0.29) is 17.1 Å². The number of carbonyl (C=O) groups is 3. The number of Topliss-reactive ketones (excluding diaryl/α,β-unsaturated/α-hetero) is 1. The lowest BCUT2D eigenvalue weighted by molar-refractivity contribution is -0.119. The Kier molecular flexibility index (Phi) is 5.09. The molecule has 0 aliphatic carbocycles. The molecule has 0 aliphatic rings. The van der Waals surface area contributed by atoms with Crippen LogP contribution >= 0.6 is 0 Å². The molecular weight excluding hydrogens is 298 g/mol. The number of phenols is 1. The maximum absolute atomic E-state index is 11.8. The van der Waals surface area contributed by atoms with Crippen LogP contribution in [0.5, 0.6) is 5.75 Å². The summed E-state index contributed by atoms with van der Waals surface area (Å²) in [4.78, 5) is 35.1. The Hall–Kier alpha value is -3.15. The van der Waals surface area contributed by atoms with Crippen LogP contribution in [0.25, 0.3) is 0 Å². The average molecular weight is 313 g/mol. The topological polar surface area (TPSA) is 92.7 Å². The first kappa shape index (κ1) is 16.2. The molecule has 23 heavy (non-hydrogen) atoms. The minimum absolute atomic E-state index is 0.0701. The third-order valence-electron chi connectivity index (χ3n) is 3.00. The zero-order chi connectivity index (χ0) is 16.8. The first-order valence-corrected chi connectivity index (χ1v) is 6.83. The number of benzene rings is 2. The second-order valence-electron chi connectivity index (χ2n) is 4.78. The van der Waals surface area contributed by atoms with Crippen LogP contribution in [0.15, 0.2) is 48.5 Å². The van der Waals surface area contributed by atoms with Crippen LogP contribution in [0, 0.1) is 0 Å². The summed E-state index contributed by atoms with van der Waals surface area (Å²) in [5.41, 5.74) is 0.875. The summed E-state index contributed by atoms with van der Waals surface area (Å²) < 4.78 is 4.87. The summed E-state index contributed by atoms with van der Waals surface area (Å²) in [6, 6.07) is 12.2. The molecule has 6 heteroatoms. The second-order valence-corrected chi connectivity index (χ2v) is 4.78. The smallest absolute Gasteiger partial charge is 0.338 e. The molecule has 118 valence electrons. The van der Waals surface area contributed by atoms with Crippen molar-refractivity contribution in [1.82, 2.24) is 0 Å². The quantitative estimate of drug-likeness (QED) is 0.653. The van der Waals surface area contributed by atoms with Crippen molar-refractivity contribution in [2.24, 2.45) is 0 Å². The zero-order valence-corrected chi connectivity index (χ0v) is 12.4. The highest BCUT2D eigenvalue weighted by molar-refractivity contribution is 6.04. The summed E-state index contributed by atoms with van der Waals surface area (Å²) in [6.07, 6.45) is 0. The summed E-state index contributed by atoms with van der Waals surface area (Å²) in [5.74, 6) is -1.54. The number of hydrogen-bond donors (Lipinski definition) is 2. The Morgan fingerprint density at radius 1 is 1.09 bits per heavy atom. The summed E-state index contributed by atoms with van der Waals surface area (Å²) in [7, 11) is 0. The van der Waals surface area contributed by atoms with Gasteiger partial charge in [-0.05, 0) is 37.3 Å². The molecule has 0 atom stereocenters. The number of esters is 1. The number of nitrogens with one attached hydrogen (secondary N) is 1. The number of aromatic hydroxyl groups is 1. The van der Waals surface area contributed by atoms with Gasteiger partial charge in [0, 0.05) is 5.56 Å². The Bertz CT molecular complexity index is 754. The lowest BCUT2D eigenvalue weighted by atomic mass is 10.1. The Balaban J connectivity index is 1.96. The summed E-state index contributed by atoms with van der Waals surface area (Å²) in [5, 5.41) is 11.8. The van der Waals surface area contributed by atoms with Crippen molar-refractivity contribution in [3.63, 3.8) is 0 Å². The zero-order valence-electron chi connectivity index (χ0n) is 12.4. The van der Waals surface area contributed by atoms with Crippen LogP contribution in [-0.2, 0) is 9.53 Å². The second kappa shape index (κ2) is 7.22. The molecule has 0 heterocycles. The molecule has 0 saturated carbocycles. The number of ketones is 1. The fourth-order valence-electron chi connectivity index (χ4n) is 1.93. The lowest BCUT2D eigenvalue weighted by Gasteiger charge is -2.09. The number of para-hydroxylation sites is 1. The van der Waals surface area contributed by atoms with Gasteiger partial charge in [-0.3, -0.25) is 9.59 Å². The Morgan fingerprint density at radius 2 is 1.83 bits per heavy atom. The minimum atomic E-state index is -0.726. The van der Waals surface area contributed by atoms with Crippen LogP contribution in [0.1, 0.15) is 27.6 Å². The molecule has 0 unspecified atom stereocenters. The van der Waals surface area contributed by atoms with Gasteiger partial charge in [0.2, 0.25) is 0 Å². The van der Waals surface area contributed by atoms with E-state index in [0.29, 0.717) is 11.3 Å². The number of phenolic OH excluding ortho intramolecular Hbond substituents is 1. The highest BCUT2D eigenvalue weighted by atomic mass is 16.5. The van der Waals surface area contributed by atoms with Gasteiger partial charge in [0.25, 0.3) is 5.91 Å². The molecule has 0 aromatic heterocycles. The van der Waals surface area contributed by atoms with Crippen LogP contribution in [0.3, 0.4) is 0 Å². The van der Waals surface area contributed by atoms with Gasteiger partial charge in [-0.2, -0.15) is 0 Å². The van der Waals surface area contributed by atoms with Gasteiger partial charge < -0.3 is 15.2 Å². The van der Waals surface area contributed by atoms with Gasteiger partial charge in [0.05, 0.1) is 11.3 Å². The van der Waals surface area contributed by atoms with E-state index >= 15 is 0 Å². The summed E-state index contributed by atoms with van der Waals surface area (Å²) in [6.45, 7) is 0.896. The van der Waals surface area contributed by atoms with Gasteiger partial charge in [-0.25, -0.2) is 4.79 Å².